The van der Waals surface area contributed by atoms with Crippen LogP contribution in [0.5, 0.6) is 11.5 Å². The lowest BCUT2D eigenvalue weighted by Gasteiger charge is -2.28. The fourth-order valence-corrected chi connectivity index (χ4v) is 4.69. The van der Waals surface area contributed by atoms with E-state index in [1.807, 2.05) is 44.2 Å². The Morgan fingerprint density at radius 1 is 1.15 bits per heavy atom. The highest BCUT2D eigenvalue weighted by Gasteiger charge is 2.19. The summed E-state index contributed by atoms with van der Waals surface area (Å²) in [7, 11) is 3.78. The number of benzene rings is 2. The third kappa shape index (κ3) is 5.71. The molecule has 0 spiro atoms. The van der Waals surface area contributed by atoms with Gasteiger partial charge in [-0.1, -0.05) is 18.2 Å². The number of methoxy groups -OCH3 is 1. The number of fused-ring (bicyclic) bond motifs is 1. The average Bonchev–Trinajstić information content (AvgIpc) is 2.84. The van der Waals surface area contributed by atoms with Crippen molar-refractivity contribution >= 4 is 34.6 Å². The van der Waals surface area contributed by atoms with Gasteiger partial charge in [0.25, 0.3) is 0 Å². The number of nitrogens with zero attached hydrogens (tertiary/aromatic N) is 3. The lowest BCUT2D eigenvalue weighted by molar-refractivity contribution is 0.157. The number of para-hydroxylation sites is 1. The largest absolute Gasteiger partial charge is 0.493 e. The Balaban J connectivity index is 1.45. The Labute approximate surface area is 204 Å². The molecule has 4 rings (SSSR count). The molecule has 1 aliphatic rings. The minimum atomic E-state index is -0.320. The zero-order valence-corrected chi connectivity index (χ0v) is 20.9. The highest BCUT2D eigenvalue weighted by Crippen LogP contribution is 2.35. The van der Waals surface area contributed by atoms with Gasteiger partial charge in [0.1, 0.15) is 11.4 Å². The third-order valence-electron chi connectivity index (χ3n) is 6.16. The van der Waals surface area contributed by atoms with E-state index in [1.165, 1.54) is 6.33 Å². The van der Waals surface area contributed by atoms with Crippen LogP contribution >= 0.6 is 11.9 Å². The third-order valence-corrected chi connectivity index (χ3v) is 6.96. The van der Waals surface area contributed by atoms with Crippen molar-refractivity contribution in [3.8, 4) is 11.5 Å². The standard InChI is InChI=1S/C25H31N5O3S/c1-16-6-5-7-17(2)23(16)28-25(31)29-34-24-19-12-21(32-4)22(13-20(19)26-15-27-24)33-14-18-8-10-30(3)11-9-18/h5-7,12-13,15,18H,8-11,14H2,1-4H3,(H2,28,29,31). The number of piperidine rings is 1. The lowest BCUT2D eigenvalue weighted by Crippen LogP contribution is -2.32. The van der Waals surface area contributed by atoms with Crippen molar-refractivity contribution in [2.24, 2.45) is 5.92 Å². The summed E-state index contributed by atoms with van der Waals surface area (Å²) < 4.78 is 14.6. The van der Waals surface area contributed by atoms with E-state index in [-0.39, 0.29) is 6.03 Å². The molecular weight excluding hydrogens is 450 g/mol. The van der Waals surface area contributed by atoms with E-state index in [0.29, 0.717) is 29.0 Å². The van der Waals surface area contributed by atoms with E-state index in [2.05, 4.69) is 32.0 Å². The van der Waals surface area contributed by atoms with Crippen LogP contribution in [0.2, 0.25) is 0 Å². The smallest absolute Gasteiger partial charge is 0.329 e. The highest BCUT2D eigenvalue weighted by atomic mass is 32.2. The highest BCUT2D eigenvalue weighted by molar-refractivity contribution is 7.98. The summed E-state index contributed by atoms with van der Waals surface area (Å²) in [5, 5.41) is 4.32. The molecule has 0 unspecified atom stereocenters. The molecule has 2 N–H and O–H groups in total. The predicted octanol–water partition coefficient (Wildman–Crippen LogP) is 4.80. The molecular formula is C25H31N5O3S. The van der Waals surface area contributed by atoms with E-state index < -0.39 is 0 Å². The van der Waals surface area contributed by atoms with E-state index in [4.69, 9.17) is 9.47 Å². The van der Waals surface area contributed by atoms with Crippen molar-refractivity contribution < 1.29 is 14.3 Å². The molecule has 1 saturated heterocycles. The summed E-state index contributed by atoms with van der Waals surface area (Å²) in [5.74, 6) is 1.83. The molecule has 9 heteroatoms. The summed E-state index contributed by atoms with van der Waals surface area (Å²) >= 11 is 1.14. The number of rotatable bonds is 7. The van der Waals surface area contributed by atoms with Crippen LogP contribution in [-0.2, 0) is 0 Å². The predicted molar refractivity (Wildman–Crippen MR) is 136 cm³/mol. The fraction of sp³-hybridized carbons (Fsp3) is 0.400. The molecule has 3 aromatic rings. The second-order valence-corrected chi connectivity index (χ2v) is 9.48. The van der Waals surface area contributed by atoms with Crippen LogP contribution in [0.1, 0.15) is 24.0 Å². The second-order valence-electron chi connectivity index (χ2n) is 8.68. The summed E-state index contributed by atoms with van der Waals surface area (Å²) in [6.07, 6.45) is 3.75. The van der Waals surface area contributed by atoms with Crippen molar-refractivity contribution in [2.45, 2.75) is 31.7 Å². The fourth-order valence-electron chi connectivity index (χ4n) is 4.08. The van der Waals surface area contributed by atoms with Crippen LogP contribution in [0.3, 0.4) is 0 Å². The Kier molecular flexibility index (Phi) is 7.74. The first-order valence-electron chi connectivity index (χ1n) is 11.4. The molecule has 34 heavy (non-hydrogen) atoms. The van der Waals surface area contributed by atoms with Crippen molar-refractivity contribution in [3.05, 3.63) is 47.8 Å². The number of amides is 2. The van der Waals surface area contributed by atoms with Gasteiger partial charge in [-0.2, -0.15) is 0 Å². The molecule has 0 saturated carbocycles. The number of hydrogen-bond acceptors (Lipinski definition) is 7. The number of anilines is 1. The lowest BCUT2D eigenvalue weighted by atomic mass is 9.98. The van der Waals surface area contributed by atoms with E-state index in [9.17, 15) is 4.79 Å². The van der Waals surface area contributed by atoms with Crippen molar-refractivity contribution in [3.63, 3.8) is 0 Å². The monoisotopic (exact) mass is 481 g/mol. The zero-order valence-electron chi connectivity index (χ0n) is 20.1. The van der Waals surface area contributed by atoms with Crippen LogP contribution in [0.4, 0.5) is 10.5 Å². The number of aromatic nitrogens is 2. The van der Waals surface area contributed by atoms with Crippen molar-refractivity contribution in [1.82, 2.24) is 19.6 Å². The normalized spacial score (nSPS) is 14.7. The van der Waals surface area contributed by atoms with Crippen LogP contribution in [0, 0.1) is 19.8 Å². The summed E-state index contributed by atoms with van der Waals surface area (Å²) in [6.45, 7) is 6.78. The molecule has 180 valence electrons. The van der Waals surface area contributed by atoms with E-state index in [0.717, 1.165) is 65.6 Å². The maximum atomic E-state index is 12.5. The van der Waals surface area contributed by atoms with E-state index in [1.54, 1.807) is 7.11 Å². The maximum Gasteiger partial charge on any atom is 0.329 e. The summed E-state index contributed by atoms with van der Waals surface area (Å²) in [6, 6.07) is 9.32. The van der Waals surface area contributed by atoms with Gasteiger partial charge in [0.15, 0.2) is 11.5 Å². The number of likely N-dealkylation sites (tertiary alicyclic amines) is 1. The number of hydrogen-bond donors (Lipinski definition) is 2. The molecule has 2 heterocycles. The molecule has 2 aromatic carbocycles. The molecule has 1 aliphatic heterocycles. The first kappa shape index (κ1) is 24.1. The van der Waals surface area contributed by atoms with Crippen LogP contribution in [-0.4, -0.2) is 54.8 Å². The Hall–Kier alpha value is -3.04. The van der Waals surface area contributed by atoms with E-state index >= 15 is 0 Å². The van der Waals surface area contributed by atoms with Gasteiger partial charge in [0, 0.05) is 29.1 Å². The molecule has 0 atom stereocenters. The molecule has 1 fully saturated rings. The quantitative estimate of drug-likeness (QED) is 0.370. The molecule has 2 amide bonds. The first-order chi connectivity index (χ1) is 16.4. The molecule has 1 aromatic heterocycles. The number of nitrogens with one attached hydrogen (secondary N) is 2. The minimum absolute atomic E-state index is 0.320. The number of carbonyl (C=O) groups is 1. The van der Waals surface area contributed by atoms with Gasteiger partial charge in [-0.3, -0.25) is 4.72 Å². The average molecular weight is 482 g/mol. The van der Waals surface area contributed by atoms with Crippen molar-refractivity contribution in [1.29, 1.82) is 0 Å². The Bertz CT molecular complexity index is 1140. The number of aryl methyl sites for hydroxylation is 2. The van der Waals surface area contributed by atoms with Gasteiger partial charge in [-0.25, -0.2) is 14.8 Å². The summed E-state index contributed by atoms with van der Waals surface area (Å²) in [5.41, 5.74) is 3.55. The number of carbonyl (C=O) groups excluding carboxylic acids is 1. The van der Waals surface area contributed by atoms with Gasteiger partial charge in [0.05, 0.1) is 19.2 Å². The number of ether oxygens (including phenoxy) is 2. The Morgan fingerprint density at radius 3 is 2.59 bits per heavy atom. The second kappa shape index (κ2) is 10.9. The SMILES string of the molecule is COc1cc2c(SNC(=O)Nc3c(C)cccc3C)ncnc2cc1OCC1CCN(C)CC1. The van der Waals surface area contributed by atoms with Gasteiger partial charge >= 0.3 is 6.03 Å². The molecule has 0 radical (unpaired) electrons. The van der Waals surface area contributed by atoms with Gasteiger partial charge < -0.3 is 19.7 Å². The molecule has 0 bridgehead atoms. The molecule has 8 nitrogen and oxygen atoms in total. The maximum absolute atomic E-state index is 12.5. The van der Waals surface area contributed by atoms with Crippen LogP contribution in [0.15, 0.2) is 41.7 Å². The van der Waals surface area contributed by atoms with Gasteiger partial charge in [-0.15, -0.1) is 0 Å². The minimum Gasteiger partial charge on any atom is -0.493 e. The zero-order chi connectivity index (χ0) is 24.1. The molecule has 0 aliphatic carbocycles. The summed E-state index contributed by atoms with van der Waals surface area (Å²) in [4.78, 5) is 23.6. The van der Waals surface area contributed by atoms with Crippen molar-refractivity contribution in [2.75, 3.05) is 39.2 Å². The van der Waals surface area contributed by atoms with Crippen LogP contribution < -0.4 is 19.5 Å². The number of urea groups is 1. The van der Waals surface area contributed by atoms with Crippen LogP contribution in [0.25, 0.3) is 10.9 Å². The van der Waals surface area contributed by atoms with Gasteiger partial charge in [-0.05, 0) is 69.9 Å². The first-order valence-corrected chi connectivity index (χ1v) is 12.2. The van der Waals surface area contributed by atoms with Gasteiger partial charge in [0.2, 0.25) is 0 Å². The Morgan fingerprint density at radius 2 is 1.88 bits per heavy atom. The topological polar surface area (TPSA) is 88.6 Å².